The molecule has 2 aromatic rings. The van der Waals surface area contributed by atoms with Crippen LogP contribution in [0.5, 0.6) is 5.75 Å². The molecular weight excluding hydrogens is 272 g/mol. The molecule has 1 aliphatic heterocycles. The summed E-state index contributed by atoms with van der Waals surface area (Å²) >= 11 is 0. The molecule has 2 N–H and O–H groups in total. The van der Waals surface area contributed by atoms with Crippen molar-refractivity contribution in [2.75, 3.05) is 0 Å². The van der Waals surface area contributed by atoms with Gasteiger partial charge in [-0.2, -0.15) is 0 Å². The lowest BCUT2D eigenvalue weighted by atomic mass is 9.95. The van der Waals surface area contributed by atoms with Gasteiger partial charge in [-0.1, -0.05) is 24.3 Å². The van der Waals surface area contributed by atoms with Crippen molar-refractivity contribution in [1.29, 1.82) is 0 Å². The second-order valence-corrected chi connectivity index (χ2v) is 6.03. The Kier molecular flexibility index (Phi) is 3.21. The van der Waals surface area contributed by atoms with Gasteiger partial charge in [-0.05, 0) is 37.1 Å². The minimum absolute atomic E-state index is 0.160. The third-order valence-electron chi connectivity index (χ3n) is 3.76. The van der Waals surface area contributed by atoms with Gasteiger partial charge in [0.2, 0.25) is 0 Å². The van der Waals surface area contributed by atoms with Crippen LogP contribution in [0.1, 0.15) is 36.6 Å². The summed E-state index contributed by atoms with van der Waals surface area (Å²) < 4.78 is 33.0. The molecule has 2 nitrogen and oxygen atoms in total. The largest absolute Gasteiger partial charge is 0.487 e. The zero-order valence-corrected chi connectivity index (χ0v) is 12.0. The zero-order chi connectivity index (χ0) is 15.2. The molecular formula is C17H17F2NO. The second kappa shape index (κ2) is 4.81. The molecule has 1 heterocycles. The Bertz CT molecular complexity index is 697. The minimum Gasteiger partial charge on any atom is -0.487 e. The maximum Gasteiger partial charge on any atom is 0.163 e. The maximum atomic E-state index is 13.9. The van der Waals surface area contributed by atoms with E-state index in [1.54, 1.807) is 6.07 Å². The molecule has 0 aromatic heterocycles. The fraction of sp³-hybridized carbons (Fsp3) is 0.294. The van der Waals surface area contributed by atoms with Crippen LogP contribution in [0.4, 0.5) is 8.78 Å². The van der Waals surface area contributed by atoms with Crippen LogP contribution in [-0.2, 0) is 6.42 Å². The highest BCUT2D eigenvalue weighted by Crippen LogP contribution is 2.37. The van der Waals surface area contributed by atoms with Gasteiger partial charge >= 0.3 is 0 Å². The van der Waals surface area contributed by atoms with Gasteiger partial charge in [0, 0.05) is 12.0 Å². The average Bonchev–Trinajstić information content (AvgIpc) is 2.73. The Morgan fingerprint density at radius 3 is 2.71 bits per heavy atom. The first-order valence-electron chi connectivity index (χ1n) is 6.89. The van der Waals surface area contributed by atoms with Gasteiger partial charge in [-0.15, -0.1) is 0 Å². The Hall–Kier alpha value is -1.94. The van der Waals surface area contributed by atoms with Crippen molar-refractivity contribution in [2.45, 2.75) is 31.9 Å². The number of nitrogens with two attached hydrogens (primary N) is 1. The molecule has 0 bridgehead atoms. The summed E-state index contributed by atoms with van der Waals surface area (Å²) in [7, 11) is 0. The van der Waals surface area contributed by atoms with E-state index in [0.717, 1.165) is 29.4 Å². The third kappa shape index (κ3) is 2.51. The van der Waals surface area contributed by atoms with Crippen molar-refractivity contribution < 1.29 is 13.5 Å². The Morgan fingerprint density at radius 1 is 1.19 bits per heavy atom. The van der Waals surface area contributed by atoms with Crippen molar-refractivity contribution in [3.63, 3.8) is 0 Å². The topological polar surface area (TPSA) is 35.2 Å². The number of halogens is 2. The monoisotopic (exact) mass is 289 g/mol. The van der Waals surface area contributed by atoms with E-state index in [0.29, 0.717) is 0 Å². The van der Waals surface area contributed by atoms with Crippen LogP contribution >= 0.6 is 0 Å². The highest BCUT2D eigenvalue weighted by Gasteiger charge is 2.30. The molecule has 21 heavy (non-hydrogen) atoms. The average molecular weight is 289 g/mol. The quantitative estimate of drug-likeness (QED) is 0.914. The van der Waals surface area contributed by atoms with E-state index in [2.05, 4.69) is 0 Å². The Labute approximate surface area is 122 Å². The van der Waals surface area contributed by atoms with E-state index in [9.17, 15) is 8.78 Å². The molecule has 0 aliphatic carbocycles. The molecule has 1 unspecified atom stereocenters. The standard InChI is InChI=1S/C17H17F2NO/c1-17(2)9-11-8-10(6-7-14(11)21-17)16(20)12-4-3-5-13(18)15(12)19/h3-8,16H,9,20H2,1-2H3. The third-order valence-corrected chi connectivity index (χ3v) is 3.76. The molecule has 0 spiro atoms. The van der Waals surface area contributed by atoms with Gasteiger partial charge in [0.25, 0.3) is 0 Å². The number of fused-ring (bicyclic) bond motifs is 1. The zero-order valence-electron chi connectivity index (χ0n) is 12.0. The number of benzene rings is 2. The summed E-state index contributed by atoms with van der Waals surface area (Å²) in [6.07, 6.45) is 0.772. The van der Waals surface area contributed by atoms with Gasteiger partial charge in [-0.25, -0.2) is 8.78 Å². The van der Waals surface area contributed by atoms with E-state index in [1.807, 2.05) is 26.0 Å². The highest BCUT2D eigenvalue weighted by atomic mass is 19.2. The van der Waals surface area contributed by atoms with Crippen LogP contribution in [0, 0.1) is 11.6 Å². The van der Waals surface area contributed by atoms with Crippen molar-refractivity contribution in [3.8, 4) is 5.75 Å². The molecule has 4 heteroatoms. The fourth-order valence-corrected chi connectivity index (χ4v) is 2.76. The van der Waals surface area contributed by atoms with Crippen LogP contribution in [0.25, 0.3) is 0 Å². The first-order valence-corrected chi connectivity index (χ1v) is 6.89. The van der Waals surface area contributed by atoms with E-state index in [1.165, 1.54) is 12.1 Å². The van der Waals surface area contributed by atoms with Crippen molar-refractivity contribution in [1.82, 2.24) is 0 Å². The Morgan fingerprint density at radius 2 is 1.95 bits per heavy atom. The summed E-state index contributed by atoms with van der Waals surface area (Å²) in [5.74, 6) is -0.939. The van der Waals surface area contributed by atoms with Gasteiger partial charge in [0.15, 0.2) is 11.6 Å². The number of hydrogen-bond donors (Lipinski definition) is 1. The molecule has 0 saturated heterocycles. The smallest absolute Gasteiger partial charge is 0.163 e. The molecule has 2 aromatic carbocycles. The van der Waals surface area contributed by atoms with Crippen LogP contribution in [0.2, 0.25) is 0 Å². The first kappa shape index (κ1) is 14.0. The molecule has 0 fully saturated rings. The molecule has 0 amide bonds. The normalized spacial score (nSPS) is 17.2. The first-order chi connectivity index (χ1) is 9.87. The fourth-order valence-electron chi connectivity index (χ4n) is 2.76. The van der Waals surface area contributed by atoms with Gasteiger partial charge in [0.05, 0.1) is 6.04 Å². The van der Waals surface area contributed by atoms with E-state index in [-0.39, 0.29) is 11.2 Å². The molecule has 1 aliphatic rings. The van der Waals surface area contributed by atoms with Crippen molar-refractivity contribution >= 4 is 0 Å². The summed E-state index contributed by atoms with van der Waals surface area (Å²) in [4.78, 5) is 0. The lowest BCUT2D eigenvalue weighted by Crippen LogP contribution is -2.24. The number of hydrogen-bond acceptors (Lipinski definition) is 2. The van der Waals surface area contributed by atoms with Crippen LogP contribution < -0.4 is 10.5 Å². The van der Waals surface area contributed by atoms with Gasteiger partial charge in [0.1, 0.15) is 11.4 Å². The molecule has 3 rings (SSSR count). The summed E-state index contributed by atoms with van der Waals surface area (Å²) in [6.45, 7) is 4.03. The highest BCUT2D eigenvalue weighted by molar-refractivity contribution is 5.44. The minimum atomic E-state index is -0.887. The molecule has 1 atom stereocenters. The van der Waals surface area contributed by atoms with Gasteiger partial charge in [-0.3, -0.25) is 0 Å². The molecule has 110 valence electrons. The summed E-state index contributed by atoms with van der Waals surface area (Å²) in [5, 5.41) is 0. The van der Waals surface area contributed by atoms with Crippen molar-refractivity contribution in [2.24, 2.45) is 5.73 Å². The number of rotatable bonds is 2. The van der Waals surface area contributed by atoms with Gasteiger partial charge < -0.3 is 10.5 Å². The second-order valence-electron chi connectivity index (χ2n) is 6.03. The Balaban J connectivity index is 1.97. The van der Waals surface area contributed by atoms with Crippen LogP contribution in [0.15, 0.2) is 36.4 Å². The lowest BCUT2D eigenvalue weighted by molar-refractivity contribution is 0.138. The summed E-state index contributed by atoms with van der Waals surface area (Å²) in [5.41, 5.74) is 7.82. The maximum absolute atomic E-state index is 13.9. The van der Waals surface area contributed by atoms with E-state index < -0.39 is 17.7 Å². The SMILES string of the molecule is CC1(C)Cc2cc(C(N)c3cccc(F)c3F)ccc2O1. The van der Waals surface area contributed by atoms with E-state index >= 15 is 0 Å². The van der Waals surface area contributed by atoms with Crippen LogP contribution in [-0.4, -0.2) is 5.60 Å². The molecule has 0 saturated carbocycles. The predicted octanol–water partition coefficient (Wildman–Crippen LogP) is 3.73. The summed E-state index contributed by atoms with van der Waals surface area (Å²) in [6, 6.07) is 8.93. The predicted molar refractivity (Wildman–Crippen MR) is 77.2 cm³/mol. The molecule has 0 radical (unpaired) electrons. The van der Waals surface area contributed by atoms with E-state index in [4.69, 9.17) is 10.5 Å². The lowest BCUT2D eigenvalue weighted by Gasteiger charge is -2.16. The number of ether oxygens (including phenoxy) is 1. The van der Waals surface area contributed by atoms with Crippen molar-refractivity contribution in [3.05, 3.63) is 64.7 Å². The van der Waals surface area contributed by atoms with Crippen LogP contribution in [0.3, 0.4) is 0 Å².